The third-order valence-electron chi connectivity index (χ3n) is 3.24. The molecule has 0 atom stereocenters. The van der Waals surface area contributed by atoms with Crippen LogP contribution in [0.3, 0.4) is 0 Å². The molecular weight excluding hydrogens is 274 g/mol. The van der Waals surface area contributed by atoms with Crippen molar-refractivity contribution < 1.29 is 9.15 Å². The summed E-state index contributed by atoms with van der Waals surface area (Å²) in [6, 6.07) is 0. The third kappa shape index (κ3) is 3.45. The predicted octanol–water partition coefficient (Wildman–Crippen LogP) is 2.50. The highest BCUT2D eigenvalue weighted by atomic mass is 32.1. The molecule has 0 radical (unpaired) electrons. The number of furan rings is 1. The molecule has 0 saturated heterocycles. The van der Waals surface area contributed by atoms with Crippen LogP contribution in [0.5, 0.6) is 0 Å². The molecule has 0 spiro atoms. The first-order valence-electron chi connectivity index (χ1n) is 6.72. The first-order chi connectivity index (χ1) is 9.63. The normalized spacial score (nSPS) is 11.2. The maximum absolute atomic E-state index is 5.65. The smallest absolute Gasteiger partial charge is 0.151 e. The molecule has 20 heavy (non-hydrogen) atoms. The lowest BCUT2D eigenvalue weighted by Crippen LogP contribution is -2.21. The van der Waals surface area contributed by atoms with Crippen molar-refractivity contribution in [3.63, 3.8) is 0 Å². The Morgan fingerprint density at radius 1 is 1.15 bits per heavy atom. The standard InChI is InChI=1S/C14H21N3O2S/c1-9-10(2)19-11(3)13(9)14-17-16-12(20-14)5-6-15-7-8-18-4/h15H,5-8H2,1-4H3. The summed E-state index contributed by atoms with van der Waals surface area (Å²) in [7, 11) is 1.70. The van der Waals surface area contributed by atoms with Gasteiger partial charge in [0.25, 0.3) is 0 Å². The molecule has 0 fully saturated rings. The molecule has 0 aliphatic heterocycles. The van der Waals surface area contributed by atoms with Gasteiger partial charge >= 0.3 is 0 Å². The molecule has 0 aliphatic carbocycles. The van der Waals surface area contributed by atoms with Gasteiger partial charge in [-0.25, -0.2) is 0 Å². The minimum Gasteiger partial charge on any atom is -0.466 e. The highest BCUT2D eigenvalue weighted by Gasteiger charge is 2.17. The van der Waals surface area contributed by atoms with Gasteiger partial charge in [0.1, 0.15) is 16.5 Å². The van der Waals surface area contributed by atoms with Crippen molar-refractivity contribution in [2.45, 2.75) is 27.2 Å². The quantitative estimate of drug-likeness (QED) is 0.795. The molecule has 2 heterocycles. The molecule has 0 aromatic carbocycles. The van der Waals surface area contributed by atoms with E-state index in [0.717, 1.165) is 58.8 Å². The van der Waals surface area contributed by atoms with Gasteiger partial charge in [0, 0.05) is 32.2 Å². The van der Waals surface area contributed by atoms with Crippen LogP contribution in [0.4, 0.5) is 0 Å². The average Bonchev–Trinajstić information content (AvgIpc) is 2.95. The summed E-state index contributed by atoms with van der Waals surface area (Å²) in [5, 5.41) is 13.8. The fourth-order valence-corrected chi connectivity index (χ4v) is 3.05. The van der Waals surface area contributed by atoms with E-state index in [9.17, 15) is 0 Å². The third-order valence-corrected chi connectivity index (χ3v) is 4.24. The van der Waals surface area contributed by atoms with E-state index in [4.69, 9.17) is 9.15 Å². The van der Waals surface area contributed by atoms with Crippen LogP contribution >= 0.6 is 11.3 Å². The summed E-state index contributed by atoms with van der Waals surface area (Å²) in [6.07, 6.45) is 0.885. The fourth-order valence-electron chi connectivity index (χ4n) is 2.06. The van der Waals surface area contributed by atoms with Crippen LogP contribution in [0.2, 0.25) is 0 Å². The van der Waals surface area contributed by atoms with E-state index in [0.29, 0.717) is 0 Å². The van der Waals surface area contributed by atoms with Crippen LogP contribution in [0.1, 0.15) is 22.1 Å². The van der Waals surface area contributed by atoms with Gasteiger partial charge in [-0.05, 0) is 20.8 Å². The zero-order chi connectivity index (χ0) is 14.5. The lowest BCUT2D eigenvalue weighted by atomic mass is 10.1. The van der Waals surface area contributed by atoms with Crippen molar-refractivity contribution in [2.24, 2.45) is 0 Å². The Morgan fingerprint density at radius 2 is 1.95 bits per heavy atom. The van der Waals surface area contributed by atoms with Gasteiger partial charge in [-0.3, -0.25) is 0 Å². The molecular formula is C14H21N3O2S. The highest BCUT2D eigenvalue weighted by molar-refractivity contribution is 7.14. The fraction of sp³-hybridized carbons (Fsp3) is 0.571. The van der Waals surface area contributed by atoms with Gasteiger partial charge in [0.15, 0.2) is 5.01 Å². The van der Waals surface area contributed by atoms with Crippen LogP contribution in [0, 0.1) is 20.8 Å². The van der Waals surface area contributed by atoms with Crippen molar-refractivity contribution in [1.82, 2.24) is 15.5 Å². The van der Waals surface area contributed by atoms with Crippen LogP contribution in [0.25, 0.3) is 10.6 Å². The van der Waals surface area contributed by atoms with E-state index in [1.165, 1.54) is 0 Å². The van der Waals surface area contributed by atoms with Gasteiger partial charge in [0.2, 0.25) is 0 Å². The Bertz CT molecular complexity index is 563. The van der Waals surface area contributed by atoms with Crippen LogP contribution in [-0.4, -0.2) is 37.0 Å². The second-order valence-electron chi connectivity index (χ2n) is 4.71. The molecule has 2 rings (SSSR count). The molecule has 0 bridgehead atoms. The molecule has 0 unspecified atom stereocenters. The zero-order valence-electron chi connectivity index (χ0n) is 12.4. The molecule has 2 aromatic rings. The molecule has 0 saturated carbocycles. The van der Waals surface area contributed by atoms with Gasteiger partial charge in [-0.1, -0.05) is 11.3 Å². The minimum absolute atomic E-state index is 0.730. The van der Waals surface area contributed by atoms with Gasteiger partial charge in [0.05, 0.1) is 12.2 Å². The maximum atomic E-state index is 5.65. The predicted molar refractivity (Wildman–Crippen MR) is 80.3 cm³/mol. The summed E-state index contributed by atoms with van der Waals surface area (Å²) >= 11 is 1.64. The van der Waals surface area contributed by atoms with Crippen molar-refractivity contribution in [3.05, 3.63) is 22.1 Å². The number of aryl methyl sites for hydroxylation is 2. The van der Waals surface area contributed by atoms with E-state index in [1.54, 1.807) is 18.4 Å². The monoisotopic (exact) mass is 295 g/mol. The van der Waals surface area contributed by atoms with E-state index in [1.807, 2.05) is 13.8 Å². The number of hydrogen-bond acceptors (Lipinski definition) is 6. The molecule has 110 valence electrons. The van der Waals surface area contributed by atoms with Crippen molar-refractivity contribution in [1.29, 1.82) is 0 Å². The number of aromatic nitrogens is 2. The molecule has 6 heteroatoms. The number of hydrogen-bond donors (Lipinski definition) is 1. The van der Waals surface area contributed by atoms with Crippen molar-refractivity contribution in [3.8, 4) is 10.6 Å². The first-order valence-corrected chi connectivity index (χ1v) is 7.54. The second-order valence-corrected chi connectivity index (χ2v) is 5.77. The Hall–Kier alpha value is -1.24. The van der Waals surface area contributed by atoms with Gasteiger partial charge < -0.3 is 14.5 Å². The Labute approximate surface area is 123 Å². The molecule has 5 nitrogen and oxygen atoms in total. The average molecular weight is 295 g/mol. The van der Waals surface area contributed by atoms with Gasteiger partial charge in [-0.2, -0.15) is 0 Å². The van der Waals surface area contributed by atoms with E-state index in [2.05, 4.69) is 22.4 Å². The second kappa shape index (κ2) is 6.97. The minimum atomic E-state index is 0.730. The summed E-state index contributed by atoms with van der Waals surface area (Å²) < 4.78 is 10.6. The van der Waals surface area contributed by atoms with Crippen LogP contribution in [-0.2, 0) is 11.2 Å². The zero-order valence-corrected chi connectivity index (χ0v) is 13.3. The summed E-state index contributed by atoms with van der Waals surface area (Å²) in [5.41, 5.74) is 2.25. The van der Waals surface area contributed by atoms with E-state index in [-0.39, 0.29) is 0 Å². The number of ether oxygens (including phenoxy) is 1. The molecule has 0 amide bonds. The van der Waals surface area contributed by atoms with E-state index < -0.39 is 0 Å². The highest BCUT2D eigenvalue weighted by Crippen LogP contribution is 2.33. The summed E-state index contributed by atoms with van der Waals surface area (Å²) in [4.78, 5) is 0. The largest absolute Gasteiger partial charge is 0.466 e. The number of nitrogens with one attached hydrogen (secondary N) is 1. The lowest BCUT2D eigenvalue weighted by molar-refractivity contribution is 0.199. The Kier molecular flexibility index (Phi) is 5.28. The van der Waals surface area contributed by atoms with Crippen LogP contribution in [0.15, 0.2) is 4.42 Å². The SMILES string of the molecule is COCCNCCc1nnc(-c2c(C)oc(C)c2C)s1. The Balaban J connectivity index is 1.98. The lowest BCUT2D eigenvalue weighted by Gasteiger charge is -2.00. The van der Waals surface area contributed by atoms with Crippen molar-refractivity contribution in [2.75, 3.05) is 26.8 Å². The molecule has 1 N–H and O–H groups in total. The Morgan fingerprint density at radius 3 is 2.60 bits per heavy atom. The molecule has 2 aromatic heterocycles. The van der Waals surface area contributed by atoms with Crippen LogP contribution < -0.4 is 5.32 Å². The number of nitrogens with zero attached hydrogens (tertiary/aromatic N) is 2. The number of rotatable bonds is 7. The first kappa shape index (κ1) is 15.2. The number of methoxy groups -OCH3 is 1. The topological polar surface area (TPSA) is 60.2 Å². The summed E-state index contributed by atoms with van der Waals surface area (Å²) in [5.74, 6) is 1.87. The van der Waals surface area contributed by atoms with Gasteiger partial charge in [-0.15, -0.1) is 10.2 Å². The molecule has 0 aliphatic rings. The maximum Gasteiger partial charge on any atom is 0.151 e. The van der Waals surface area contributed by atoms with Crippen molar-refractivity contribution >= 4 is 11.3 Å². The summed E-state index contributed by atoms with van der Waals surface area (Å²) in [6.45, 7) is 8.50. The van der Waals surface area contributed by atoms with E-state index >= 15 is 0 Å².